The van der Waals surface area contributed by atoms with Gasteiger partial charge in [-0.25, -0.2) is 0 Å². The van der Waals surface area contributed by atoms with Gasteiger partial charge in [-0.3, -0.25) is 4.79 Å². The highest BCUT2D eigenvalue weighted by Gasteiger charge is 2.12. The number of aryl methyl sites for hydroxylation is 1. The minimum Gasteiger partial charge on any atom is -0.486 e. The molecule has 1 atom stereocenters. The van der Waals surface area contributed by atoms with Crippen LogP contribution < -0.4 is 4.74 Å². The highest BCUT2D eigenvalue weighted by Crippen LogP contribution is 2.29. The molecule has 0 heterocycles. The maximum absolute atomic E-state index is 10.6. The normalized spacial score (nSPS) is 11.9. The summed E-state index contributed by atoms with van der Waals surface area (Å²) >= 11 is 6.21. The van der Waals surface area contributed by atoms with Crippen LogP contribution in [-0.2, 0) is 11.2 Å². The van der Waals surface area contributed by atoms with Gasteiger partial charge in [-0.1, -0.05) is 54.9 Å². The monoisotopic (exact) mass is 318 g/mol. The van der Waals surface area contributed by atoms with Crippen molar-refractivity contribution in [1.29, 1.82) is 0 Å². The lowest BCUT2D eigenvalue weighted by molar-refractivity contribution is -0.136. The molecule has 0 amide bonds. The van der Waals surface area contributed by atoms with E-state index < -0.39 is 5.97 Å². The van der Waals surface area contributed by atoms with Gasteiger partial charge in [-0.15, -0.1) is 0 Å². The van der Waals surface area contributed by atoms with Gasteiger partial charge in [0.2, 0.25) is 0 Å². The number of carboxylic acids is 1. The summed E-state index contributed by atoms with van der Waals surface area (Å²) in [5.74, 6) is -0.133. The minimum atomic E-state index is -0.827. The molecular weight excluding hydrogens is 300 g/mol. The SMILES string of the molecule is CCC(Oc1ccc(CCC(=O)O)c(Cl)c1)c1ccccc1. The Kier molecular flexibility index (Phi) is 5.84. The second-order valence-electron chi connectivity index (χ2n) is 5.07. The molecule has 0 spiro atoms. The molecule has 22 heavy (non-hydrogen) atoms. The van der Waals surface area contributed by atoms with Crippen LogP contribution in [0.25, 0.3) is 0 Å². The first-order valence-corrected chi connectivity index (χ1v) is 7.69. The predicted molar refractivity (Wildman–Crippen MR) is 87.5 cm³/mol. The molecule has 2 rings (SSSR count). The van der Waals surface area contributed by atoms with Gasteiger partial charge < -0.3 is 9.84 Å². The Morgan fingerprint density at radius 2 is 1.95 bits per heavy atom. The smallest absolute Gasteiger partial charge is 0.303 e. The van der Waals surface area contributed by atoms with Gasteiger partial charge in [0, 0.05) is 11.4 Å². The number of carboxylic acid groups (broad SMARTS) is 1. The van der Waals surface area contributed by atoms with Gasteiger partial charge in [0.05, 0.1) is 0 Å². The van der Waals surface area contributed by atoms with Crippen molar-refractivity contribution < 1.29 is 14.6 Å². The topological polar surface area (TPSA) is 46.5 Å². The third-order valence-corrected chi connectivity index (χ3v) is 3.81. The Bertz CT molecular complexity index is 625. The number of ether oxygens (including phenoxy) is 1. The van der Waals surface area contributed by atoms with E-state index in [4.69, 9.17) is 21.4 Å². The Labute approximate surface area is 135 Å². The van der Waals surface area contributed by atoms with E-state index in [1.807, 2.05) is 42.5 Å². The molecule has 2 aromatic rings. The van der Waals surface area contributed by atoms with E-state index in [0.29, 0.717) is 17.2 Å². The number of halogens is 1. The van der Waals surface area contributed by atoms with Gasteiger partial charge in [0.15, 0.2) is 0 Å². The largest absolute Gasteiger partial charge is 0.486 e. The van der Waals surface area contributed by atoms with Crippen molar-refractivity contribution in [2.75, 3.05) is 0 Å². The molecule has 1 unspecified atom stereocenters. The summed E-state index contributed by atoms with van der Waals surface area (Å²) in [5.41, 5.74) is 1.94. The molecular formula is C18H19ClO3. The lowest BCUT2D eigenvalue weighted by Gasteiger charge is -2.18. The number of hydrogen-bond donors (Lipinski definition) is 1. The van der Waals surface area contributed by atoms with Gasteiger partial charge in [0.25, 0.3) is 0 Å². The second-order valence-corrected chi connectivity index (χ2v) is 5.48. The number of aliphatic carboxylic acids is 1. The first-order valence-electron chi connectivity index (χ1n) is 7.32. The van der Waals surface area contributed by atoms with Crippen molar-refractivity contribution in [1.82, 2.24) is 0 Å². The van der Waals surface area contributed by atoms with E-state index >= 15 is 0 Å². The molecule has 0 aliphatic carbocycles. The number of benzene rings is 2. The van der Waals surface area contributed by atoms with Crippen LogP contribution in [0.2, 0.25) is 5.02 Å². The molecule has 0 fully saturated rings. The summed E-state index contributed by atoms with van der Waals surface area (Å²) in [4.78, 5) is 10.6. The summed E-state index contributed by atoms with van der Waals surface area (Å²) in [7, 11) is 0. The average molecular weight is 319 g/mol. The summed E-state index contributed by atoms with van der Waals surface area (Å²) < 4.78 is 6.01. The number of carbonyl (C=O) groups is 1. The molecule has 0 aliphatic rings. The molecule has 0 aromatic heterocycles. The third-order valence-electron chi connectivity index (χ3n) is 3.45. The van der Waals surface area contributed by atoms with Crippen molar-refractivity contribution in [2.45, 2.75) is 32.3 Å². The first kappa shape index (κ1) is 16.4. The van der Waals surface area contributed by atoms with E-state index in [-0.39, 0.29) is 12.5 Å². The molecule has 0 bridgehead atoms. The lowest BCUT2D eigenvalue weighted by atomic mass is 10.1. The molecule has 0 saturated heterocycles. The fourth-order valence-electron chi connectivity index (χ4n) is 2.26. The van der Waals surface area contributed by atoms with E-state index in [0.717, 1.165) is 17.5 Å². The van der Waals surface area contributed by atoms with E-state index in [1.54, 1.807) is 6.07 Å². The molecule has 0 saturated carbocycles. The number of rotatable bonds is 7. The van der Waals surface area contributed by atoms with Crippen molar-refractivity contribution >= 4 is 17.6 Å². The molecule has 3 nitrogen and oxygen atoms in total. The Balaban J connectivity index is 2.09. The predicted octanol–water partition coefficient (Wildman–Crippen LogP) is 4.89. The summed E-state index contributed by atoms with van der Waals surface area (Å²) in [5, 5.41) is 9.27. The Morgan fingerprint density at radius 1 is 1.23 bits per heavy atom. The van der Waals surface area contributed by atoms with Crippen molar-refractivity contribution in [3.05, 3.63) is 64.7 Å². The molecule has 0 radical (unpaired) electrons. The fraction of sp³-hybridized carbons (Fsp3) is 0.278. The van der Waals surface area contributed by atoms with E-state index in [1.165, 1.54) is 0 Å². The standard InChI is InChI=1S/C18H19ClO3/c1-2-17(14-6-4-3-5-7-14)22-15-10-8-13(16(19)12-15)9-11-18(20)21/h3-8,10,12,17H,2,9,11H2,1H3,(H,20,21). The maximum atomic E-state index is 10.6. The maximum Gasteiger partial charge on any atom is 0.303 e. The highest BCUT2D eigenvalue weighted by atomic mass is 35.5. The van der Waals surface area contributed by atoms with Gasteiger partial charge >= 0.3 is 5.97 Å². The van der Waals surface area contributed by atoms with Crippen LogP contribution >= 0.6 is 11.6 Å². The number of hydrogen-bond acceptors (Lipinski definition) is 2. The van der Waals surface area contributed by atoms with Crippen molar-refractivity contribution in [3.63, 3.8) is 0 Å². The lowest BCUT2D eigenvalue weighted by Crippen LogP contribution is -2.06. The zero-order valence-corrected chi connectivity index (χ0v) is 13.2. The van der Waals surface area contributed by atoms with E-state index in [2.05, 4.69) is 6.92 Å². The van der Waals surface area contributed by atoms with Crippen molar-refractivity contribution in [3.8, 4) is 5.75 Å². The molecule has 1 N–H and O–H groups in total. The second kappa shape index (κ2) is 7.85. The summed E-state index contributed by atoms with van der Waals surface area (Å²) in [6.45, 7) is 2.07. The summed E-state index contributed by atoms with van der Waals surface area (Å²) in [6, 6.07) is 15.5. The quantitative estimate of drug-likeness (QED) is 0.790. The van der Waals surface area contributed by atoms with Crippen LogP contribution in [0, 0.1) is 0 Å². The average Bonchev–Trinajstić information content (AvgIpc) is 2.52. The van der Waals surface area contributed by atoms with E-state index in [9.17, 15) is 4.79 Å². The van der Waals surface area contributed by atoms with Crippen LogP contribution in [0.1, 0.15) is 37.0 Å². The van der Waals surface area contributed by atoms with Crippen LogP contribution in [0.5, 0.6) is 5.75 Å². The van der Waals surface area contributed by atoms with Gasteiger partial charge in [-0.2, -0.15) is 0 Å². The fourth-order valence-corrected chi connectivity index (χ4v) is 2.53. The minimum absolute atomic E-state index is 0.0258. The van der Waals surface area contributed by atoms with Crippen LogP contribution in [0.15, 0.2) is 48.5 Å². The van der Waals surface area contributed by atoms with Crippen molar-refractivity contribution in [2.24, 2.45) is 0 Å². The summed E-state index contributed by atoms with van der Waals surface area (Å²) in [6.07, 6.45) is 1.32. The third kappa shape index (κ3) is 4.50. The Morgan fingerprint density at radius 3 is 2.55 bits per heavy atom. The van der Waals surface area contributed by atoms with Crippen LogP contribution in [0.4, 0.5) is 0 Å². The zero-order chi connectivity index (χ0) is 15.9. The highest BCUT2D eigenvalue weighted by molar-refractivity contribution is 6.31. The molecule has 0 aliphatic heterocycles. The van der Waals surface area contributed by atoms with Gasteiger partial charge in [0.1, 0.15) is 11.9 Å². The van der Waals surface area contributed by atoms with Crippen LogP contribution in [-0.4, -0.2) is 11.1 Å². The Hall–Kier alpha value is -2.00. The van der Waals surface area contributed by atoms with Gasteiger partial charge in [-0.05, 0) is 36.1 Å². The van der Waals surface area contributed by atoms with Crippen LogP contribution in [0.3, 0.4) is 0 Å². The molecule has 2 aromatic carbocycles. The first-order chi connectivity index (χ1) is 10.6. The molecule has 116 valence electrons. The zero-order valence-electron chi connectivity index (χ0n) is 12.5. The molecule has 4 heteroatoms.